The Hall–Kier alpha value is -3.14. The van der Waals surface area contributed by atoms with E-state index in [1.54, 1.807) is 24.3 Å². The van der Waals surface area contributed by atoms with E-state index in [1.165, 1.54) is 26.2 Å². The molecule has 0 aliphatic heterocycles. The maximum absolute atomic E-state index is 12.3. The number of hydrogen-bond acceptors (Lipinski definition) is 6. The highest BCUT2D eigenvalue weighted by atomic mass is 16.5. The molecule has 0 saturated heterocycles. The summed E-state index contributed by atoms with van der Waals surface area (Å²) in [4.78, 5) is 35.7. The van der Waals surface area contributed by atoms with Crippen molar-refractivity contribution in [3.05, 3.63) is 41.5 Å². The van der Waals surface area contributed by atoms with Crippen LogP contribution in [0, 0.1) is 11.3 Å². The third-order valence-electron chi connectivity index (χ3n) is 4.69. The quantitative estimate of drug-likeness (QED) is 0.597. The number of nitrogens with zero attached hydrogens (tertiary/aromatic N) is 1. The summed E-state index contributed by atoms with van der Waals surface area (Å²) < 4.78 is 9.74. The van der Waals surface area contributed by atoms with Crippen LogP contribution in [0.5, 0.6) is 0 Å². The molecule has 7 heteroatoms. The van der Waals surface area contributed by atoms with E-state index in [0.29, 0.717) is 24.0 Å². The zero-order valence-corrected chi connectivity index (χ0v) is 16.1. The summed E-state index contributed by atoms with van der Waals surface area (Å²) in [6.45, 7) is 1.47. The van der Waals surface area contributed by atoms with E-state index >= 15 is 0 Å². The summed E-state index contributed by atoms with van der Waals surface area (Å²) in [7, 11) is 1.30. The van der Waals surface area contributed by atoms with Crippen molar-refractivity contribution in [1.29, 1.82) is 5.26 Å². The highest BCUT2D eigenvalue weighted by Crippen LogP contribution is 2.27. The van der Waals surface area contributed by atoms with Crippen LogP contribution in [0.15, 0.2) is 30.3 Å². The van der Waals surface area contributed by atoms with Crippen LogP contribution in [-0.4, -0.2) is 36.6 Å². The molecular formula is C21H24N2O5. The average molecular weight is 384 g/mol. The minimum atomic E-state index is -1.01. The van der Waals surface area contributed by atoms with Gasteiger partial charge >= 0.3 is 11.9 Å². The zero-order valence-electron chi connectivity index (χ0n) is 16.1. The highest BCUT2D eigenvalue weighted by Gasteiger charge is 2.35. The third-order valence-corrected chi connectivity index (χ3v) is 4.69. The van der Waals surface area contributed by atoms with Gasteiger partial charge in [-0.3, -0.25) is 4.79 Å². The van der Waals surface area contributed by atoms with Crippen LogP contribution >= 0.6 is 0 Å². The maximum atomic E-state index is 12.3. The van der Waals surface area contributed by atoms with Crippen LogP contribution in [-0.2, 0) is 19.1 Å². The van der Waals surface area contributed by atoms with Crippen molar-refractivity contribution < 1.29 is 23.9 Å². The van der Waals surface area contributed by atoms with Gasteiger partial charge in [-0.1, -0.05) is 31.4 Å². The first-order valence-electron chi connectivity index (χ1n) is 9.19. The minimum Gasteiger partial charge on any atom is -0.465 e. The van der Waals surface area contributed by atoms with Crippen LogP contribution in [0.4, 0.5) is 0 Å². The lowest BCUT2D eigenvalue weighted by molar-refractivity contribution is -0.150. The van der Waals surface area contributed by atoms with Gasteiger partial charge < -0.3 is 14.8 Å². The average Bonchev–Trinajstić information content (AvgIpc) is 2.72. The summed E-state index contributed by atoms with van der Waals surface area (Å²) in [5.41, 5.74) is 0.224. The number of carbonyl (C=O) groups is 3. The smallest absolute Gasteiger partial charge is 0.337 e. The van der Waals surface area contributed by atoms with Gasteiger partial charge in [-0.2, -0.15) is 5.26 Å². The molecule has 0 bridgehead atoms. The van der Waals surface area contributed by atoms with Gasteiger partial charge in [0.1, 0.15) is 5.54 Å². The predicted octanol–water partition coefficient (Wildman–Crippen LogP) is 2.76. The van der Waals surface area contributed by atoms with Crippen LogP contribution in [0.3, 0.4) is 0 Å². The van der Waals surface area contributed by atoms with Crippen molar-refractivity contribution in [3.63, 3.8) is 0 Å². The molecule has 1 aromatic carbocycles. The monoisotopic (exact) mass is 384 g/mol. The fourth-order valence-corrected chi connectivity index (χ4v) is 3.04. The van der Waals surface area contributed by atoms with E-state index in [2.05, 4.69) is 16.1 Å². The van der Waals surface area contributed by atoms with Crippen LogP contribution in [0.2, 0.25) is 0 Å². The topological polar surface area (TPSA) is 105 Å². The Balaban J connectivity index is 1.89. The van der Waals surface area contributed by atoms with Gasteiger partial charge in [-0.15, -0.1) is 0 Å². The molecule has 1 fully saturated rings. The number of carbonyl (C=O) groups excluding carboxylic acids is 3. The number of benzene rings is 1. The van der Waals surface area contributed by atoms with Gasteiger partial charge in [0.25, 0.3) is 5.91 Å². The Bertz CT molecular complexity index is 786. The molecule has 0 unspecified atom stereocenters. The van der Waals surface area contributed by atoms with Crippen molar-refractivity contribution in [1.82, 2.24) is 5.32 Å². The molecule has 7 nitrogen and oxygen atoms in total. The van der Waals surface area contributed by atoms with Gasteiger partial charge in [0.2, 0.25) is 0 Å². The molecule has 2 rings (SSSR count). The van der Waals surface area contributed by atoms with Crippen LogP contribution < -0.4 is 5.32 Å². The first-order valence-corrected chi connectivity index (χ1v) is 9.19. The Labute approximate surface area is 164 Å². The molecule has 1 aromatic rings. The first-order chi connectivity index (χ1) is 13.4. The van der Waals surface area contributed by atoms with Crippen molar-refractivity contribution >= 4 is 23.9 Å². The van der Waals surface area contributed by atoms with Crippen molar-refractivity contribution in [2.75, 3.05) is 7.11 Å². The number of nitriles is 1. The normalized spacial score (nSPS) is 16.6. The number of hydrogen-bond donors (Lipinski definition) is 1. The van der Waals surface area contributed by atoms with Gasteiger partial charge in [-0.25, -0.2) is 9.59 Å². The predicted molar refractivity (Wildman–Crippen MR) is 102 cm³/mol. The second kappa shape index (κ2) is 9.70. The lowest BCUT2D eigenvalue weighted by Crippen LogP contribution is -2.52. The third kappa shape index (κ3) is 5.68. The standard InChI is InChI=1S/C21H24N2O5/c1-15(19(25)23-21(14-22)12-4-3-5-13-21)28-18(24)11-8-16-6-9-17(10-7-16)20(26)27-2/h6-11,15H,3-5,12-13H2,1-2H3,(H,23,25)/b11-8+/t15-/m0/s1. The number of amides is 1. The van der Waals surface area contributed by atoms with E-state index < -0.39 is 29.5 Å². The number of methoxy groups -OCH3 is 1. The fourth-order valence-electron chi connectivity index (χ4n) is 3.04. The van der Waals surface area contributed by atoms with Crippen molar-refractivity contribution in [2.24, 2.45) is 0 Å². The Morgan fingerprint density at radius 2 is 1.82 bits per heavy atom. The maximum Gasteiger partial charge on any atom is 0.337 e. The van der Waals surface area contributed by atoms with Gasteiger partial charge in [0.05, 0.1) is 18.7 Å². The summed E-state index contributed by atoms with van der Waals surface area (Å²) in [6.07, 6.45) is 5.76. The van der Waals surface area contributed by atoms with E-state index in [1.807, 2.05) is 0 Å². The second-order valence-corrected chi connectivity index (χ2v) is 6.77. The molecule has 0 radical (unpaired) electrons. The van der Waals surface area contributed by atoms with E-state index in [0.717, 1.165) is 19.3 Å². The molecule has 1 N–H and O–H groups in total. The molecular weight excluding hydrogens is 360 g/mol. The molecule has 1 aliphatic carbocycles. The molecule has 0 heterocycles. The molecule has 1 saturated carbocycles. The van der Waals surface area contributed by atoms with Crippen LogP contribution in [0.1, 0.15) is 54.9 Å². The van der Waals surface area contributed by atoms with Crippen molar-refractivity contribution in [2.45, 2.75) is 50.7 Å². The SMILES string of the molecule is COC(=O)c1ccc(/C=C/C(=O)O[C@@H](C)C(=O)NC2(C#N)CCCCC2)cc1. The van der Waals surface area contributed by atoms with Crippen molar-refractivity contribution in [3.8, 4) is 6.07 Å². The summed E-state index contributed by atoms with van der Waals surface area (Å²) in [5.74, 6) is -1.59. The fraction of sp³-hybridized carbons (Fsp3) is 0.429. The van der Waals surface area contributed by atoms with Gasteiger partial charge in [0, 0.05) is 6.08 Å². The van der Waals surface area contributed by atoms with E-state index in [9.17, 15) is 19.6 Å². The number of nitrogens with one attached hydrogen (secondary N) is 1. The Morgan fingerprint density at radius 1 is 1.18 bits per heavy atom. The highest BCUT2D eigenvalue weighted by molar-refractivity contribution is 5.91. The molecule has 1 atom stereocenters. The van der Waals surface area contributed by atoms with Gasteiger partial charge in [0.15, 0.2) is 6.10 Å². The minimum absolute atomic E-state index is 0.404. The number of esters is 2. The van der Waals surface area contributed by atoms with Gasteiger partial charge in [-0.05, 0) is 43.5 Å². The lowest BCUT2D eigenvalue weighted by atomic mass is 9.83. The molecule has 0 aromatic heterocycles. The Kier molecular flexibility index (Phi) is 7.33. The Morgan fingerprint density at radius 3 is 2.39 bits per heavy atom. The molecule has 1 amide bonds. The number of rotatable bonds is 6. The molecule has 148 valence electrons. The largest absolute Gasteiger partial charge is 0.465 e. The lowest BCUT2D eigenvalue weighted by Gasteiger charge is -2.32. The van der Waals surface area contributed by atoms with E-state index in [-0.39, 0.29) is 0 Å². The molecule has 28 heavy (non-hydrogen) atoms. The summed E-state index contributed by atoms with van der Waals surface area (Å²) in [5, 5.41) is 12.2. The number of ether oxygens (including phenoxy) is 2. The summed E-state index contributed by atoms with van der Waals surface area (Å²) in [6, 6.07) is 8.68. The molecule has 1 aliphatic rings. The van der Waals surface area contributed by atoms with Crippen LogP contribution in [0.25, 0.3) is 6.08 Å². The second-order valence-electron chi connectivity index (χ2n) is 6.77. The summed E-state index contributed by atoms with van der Waals surface area (Å²) >= 11 is 0. The first kappa shape index (κ1) is 21.2. The molecule has 0 spiro atoms. The zero-order chi connectivity index (χ0) is 20.6. The van der Waals surface area contributed by atoms with E-state index in [4.69, 9.17) is 4.74 Å².